The number of halogens is 3. The van der Waals surface area contributed by atoms with Gasteiger partial charge in [0.25, 0.3) is 6.85 Å². The molecule has 0 radical (unpaired) electrons. The summed E-state index contributed by atoms with van der Waals surface area (Å²) in [6, 6.07) is 36.3. The van der Waals surface area contributed by atoms with Crippen molar-refractivity contribution in [2.45, 2.75) is 261 Å². The number of carbonyl (C=O) groups is 2. The van der Waals surface area contributed by atoms with Gasteiger partial charge in [0.2, 0.25) is 0 Å². The molecule has 2 N–H and O–H groups in total. The van der Waals surface area contributed by atoms with Crippen LogP contribution in [0.2, 0.25) is 0 Å². The third kappa shape index (κ3) is 28.9. The van der Waals surface area contributed by atoms with Gasteiger partial charge in [0, 0.05) is 55.6 Å². The van der Waals surface area contributed by atoms with Crippen molar-refractivity contribution in [1.29, 1.82) is 0 Å². The average Bonchev–Trinajstić information content (AvgIpc) is 0.762. The molecule has 0 spiro atoms. The van der Waals surface area contributed by atoms with Crippen LogP contribution in [0.4, 0.5) is 9.59 Å². The minimum absolute atomic E-state index is 0.237. The van der Waals surface area contributed by atoms with Crippen LogP contribution in [0.5, 0.6) is 46.0 Å². The van der Waals surface area contributed by atoms with Crippen LogP contribution in [0, 0.1) is 83.1 Å². The number of rotatable bonds is 16. The Kier molecular flexibility index (Phi) is 35.2. The van der Waals surface area contributed by atoms with Crippen molar-refractivity contribution in [3.63, 3.8) is 0 Å². The number of nitrogens with zero attached hydrogens (tertiary/aromatic N) is 1. The van der Waals surface area contributed by atoms with Gasteiger partial charge in [-0.15, -0.1) is 0 Å². The summed E-state index contributed by atoms with van der Waals surface area (Å²) in [6.45, 7) is 68.7. The molecule has 8 rings (SSSR count). The maximum Gasteiger partial charge on any atom is 0.530 e. The molecule has 13 nitrogen and oxygen atoms in total. The van der Waals surface area contributed by atoms with Crippen LogP contribution in [0.3, 0.4) is 0 Å². The van der Waals surface area contributed by atoms with Crippen molar-refractivity contribution < 1.29 is 56.8 Å². The van der Waals surface area contributed by atoms with Crippen LogP contribution in [-0.2, 0) is 31.1 Å². The van der Waals surface area contributed by atoms with Gasteiger partial charge >= 0.3 is 20.9 Å². The van der Waals surface area contributed by atoms with E-state index >= 15 is 0 Å². The molecule has 0 saturated heterocycles. The third-order valence-electron chi connectivity index (χ3n) is 17.7. The number of alkyl halides is 1. The molecule has 0 unspecified atom stereocenters. The number of phenols is 2. The summed E-state index contributed by atoms with van der Waals surface area (Å²) in [4.78, 5) is 30.5. The van der Waals surface area contributed by atoms with E-state index in [-0.39, 0.29) is 33.2 Å². The Labute approximate surface area is 693 Å². The van der Waals surface area contributed by atoms with Crippen molar-refractivity contribution in [2.75, 3.05) is 24.6 Å². The third-order valence-corrected chi connectivity index (χ3v) is 19.5. The molecule has 8 aromatic carbocycles. The van der Waals surface area contributed by atoms with E-state index in [0.717, 1.165) is 111 Å². The van der Waals surface area contributed by atoms with Crippen molar-refractivity contribution in [3.8, 4) is 79.4 Å². The molecule has 111 heavy (non-hydrogen) atoms. The van der Waals surface area contributed by atoms with E-state index in [1.165, 1.54) is 19.6 Å². The average molecular weight is 1710 g/mol. The van der Waals surface area contributed by atoms with Gasteiger partial charge in [0.1, 0.15) is 57.2 Å². The molecule has 0 aliphatic rings. The summed E-state index contributed by atoms with van der Waals surface area (Å²) >= 11 is 14.5. The van der Waals surface area contributed by atoms with E-state index in [2.05, 4.69) is 195 Å². The molecule has 0 atom stereocenters. The van der Waals surface area contributed by atoms with Gasteiger partial charge in [-0.2, -0.15) is 0 Å². The molecular formula is C93H128Cl2INO12P2. The Morgan fingerprint density at radius 2 is 0.604 bits per heavy atom. The molecule has 0 bridgehead atoms. The normalized spacial score (nSPS) is 11.8. The van der Waals surface area contributed by atoms with Gasteiger partial charge in [0.05, 0.1) is 0 Å². The molecule has 0 aromatic heterocycles. The number of hydrogen-bond acceptors (Lipinski definition) is 13. The molecule has 0 amide bonds. The lowest BCUT2D eigenvalue weighted by Crippen LogP contribution is -2.27. The number of aromatic hydroxyl groups is 2. The molecule has 0 aliphatic heterocycles. The van der Waals surface area contributed by atoms with Crippen LogP contribution in [-0.4, -0.2) is 63.2 Å². The number of benzene rings is 8. The van der Waals surface area contributed by atoms with Gasteiger partial charge in [-0.05, 0) is 297 Å². The van der Waals surface area contributed by atoms with E-state index in [4.69, 9.17) is 59.5 Å². The highest BCUT2D eigenvalue weighted by molar-refractivity contribution is 14.1. The fraction of sp³-hybridized carbons (Fsp3) is 0.462. The van der Waals surface area contributed by atoms with Gasteiger partial charge < -0.3 is 52.2 Å². The van der Waals surface area contributed by atoms with E-state index in [0.29, 0.717) is 45.6 Å². The van der Waals surface area contributed by atoms with Crippen molar-refractivity contribution in [2.24, 2.45) is 0 Å². The molecule has 0 aliphatic carbocycles. The van der Waals surface area contributed by atoms with E-state index in [1.54, 1.807) is 20.8 Å². The maximum atomic E-state index is 13.3. The highest BCUT2D eigenvalue weighted by Gasteiger charge is 2.36. The topological polar surface area (TPSA) is 152 Å². The summed E-state index contributed by atoms with van der Waals surface area (Å²) in [5, 5.41) is 20.3. The van der Waals surface area contributed by atoms with Crippen molar-refractivity contribution in [3.05, 3.63) is 198 Å². The number of ether oxygens (including phenoxy) is 4. The predicted octanol–water partition coefficient (Wildman–Crippen LogP) is 29.2. The fourth-order valence-corrected chi connectivity index (χ4v) is 14.3. The van der Waals surface area contributed by atoms with Crippen LogP contribution in [0.1, 0.15) is 234 Å². The molecular weight excluding hydrogens is 1580 g/mol. The maximum absolute atomic E-state index is 13.3. The summed E-state index contributed by atoms with van der Waals surface area (Å²) in [5.74, 6) is 3.89. The zero-order chi connectivity index (χ0) is 84.7. The first-order valence-corrected chi connectivity index (χ1v) is 44.3. The SMILES string of the molecule is CCN(CC)CC.CI.Cc1cc(-c2cc(C)cc(C(C)(C)C)c2OP(Cl)Cl)c(OC(=O)OC(C)(C)C)c(C(C)(C)C)c1.Cc1cc(C)c(O)c(-c2cc(C)cc(C)c2O)c1.Cc1ccc(OP(Oc2ccc(C)cc2C)Oc2c(-c3cc(C)cc(C(C)(C)C)c3OC(=O)OC(C)(C)C)cc(C)cc2C(C)(C)C)c(C)c1. The standard InChI is InChI=1S/C43H55O6P.C27H37Cl2O4P.C16H18O2.C6H15N.CH3I/c1-26-16-18-36(30(5)20-26)47-50(48-37-19-17-27(2)21-31(37)6)49-39-33(23-29(4)25-35(39)42(10,11)12)32-22-28(3)24-34(41(7,8)9)38(32)45-40(44)46-43(13,14)15;1-16-12-18(19-13-17(2)15-21(26(6,7)8)23(19)33-34(28)29)22(20(14-16)25(3,4)5)31-24(30)32-27(9,10)11;1-9-5-11(3)15(17)13(7-9)14-8-10(2)6-12(4)16(14)18;1-4-7(5-2)6-3;1-2/h16-25H,1-15H3;12-15H,1-11H3;5-8,17-18H,1-4H3;4-6H2,1-3H3;1H3. The van der Waals surface area contributed by atoms with Gasteiger partial charge in [-0.3, -0.25) is 0 Å². The predicted molar refractivity (Wildman–Crippen MR) is 479 cm³/mol. The van der Waals surface area contributed by atoms with Gasteiger partial charge in [-0.25, -0.2) is 9.59 Å². The second kappa shape index (κ2) is 40.5. The lowest BCUT2D eigenvalue weighted by atomic mass is 9.80. The number of phenolic OH excluding ortho intramolecular Hbond substituents is 2. The summed E-state index contributed by atoms with van der Waals surface area (Å²) in [6.07, 6.45) is -1.52. The molecule has 0 saturated carbocycles. The highest BCUT2D eigenvalue weighted by Crippen LogP contribution is 2.56. The molecule has 608 valence electrons. The molecule has 0 fully saturated rings. The Morgan fingerprint density at radius 3 is 0.856 bits per heavy atom. The summed E-state index contributed by atoms with van der Waals surface area (Å²) in [7, 11) is -2.04. The fourth-order valence-electron chi connectivity index (χ4n) is 12.4. The van der Waals surface area contributed by atoms with Crippen LogP contribution < -0.4 is 27.6 Å². The minimum Gasteiger partial charge on any atom is -0.507 e. The van der Waals surface area contributed by atoms with Crippen LogP contribution in [0.15, 0.2) is 109 Å². The zero-order valence-electron chi connectivity index (χ0n) is 73.0. The first kappa shape index (κ1) is 96.6. The first-order valence-electron chi connectivity index (χ1n) is 38.0. The Bertz CT molecular complexity index is 4390. The zero-order valence-corrected chi connectivity index (χ0v) is 78.4. The Hall–Kier alpha value is -6.77. The minimum atomic E-state index is -2.04. The monoisotopic (exact) mass is 1710 g/mol. The van der Waals surface area contributed by atoms with E-state index < -0.39 is 39.0 Å². The lowest BCUT2D eigenvalue weighted by Gasteiger charge is -2.30. The Morgan fingerprint density at radius 1 is 0.351 bits per heavy atom. The van der Waals surface area contributed by atoms with Gasteiger partial charge in [0.15, 0.2) is 0 Å². The number of carbonyl (C=O) groups excluding carboxylic acids is 2. The summed E-state index contributed by atoms with van der Waals surface area (Å²) < 4.78 is 49.7. The molecule has 0 heterocycles. The van der Waals surface area contributed by atoms with Crippen molar-refractivity contribution >= 4 is 72.8 Å². The van der Waals surface area contributed by atoms with Gasteiger partial charge in [-0.1, -0.05) is 198 Å². The lowest BCUT2D eigenvalue weighted by molar-refractivity contribution is 0.0190. The Balaban J connectivity index is 0.000000364. The van der Waals surface area contributed by atoms with E-state index in [1.807, 2.05) is 154 Å². The second-order valence-corrected chi connectivity index (χ2v) is 38.7. The molecule has 18 heteroatoms. The smallest absolute Gasteiger partial charge is 0.507 e. The quantitative estimate of drug-likeness (QED) is 0.0311. The number of aryl methyl sites for hydroxylation is 12. The number of hydrogen-bond donors (Lipinski definition) is 2. The van der Waals surface area contributed by atoms with E-state index in [9.17, 15) is 19.8 Å². The van der Waals surface area contributed by atoms with Crippen molar-refractivity contribution in [1.82, 2.24) is 4.90 Å². The largest absolute Gasteiger partial charge is 0.530 e. The van der Waals surface area contributed by atoms with Crippen LogP contribution >= 0.6 is 60.5 Å². The molecule has 8 aromatic rings. The second-order valence-electron chi connectivity index (χ2n) is 34.8. The first-order chi connectivity index (χ1) is 51.0. The van der Waals surface area contributed by atoms with Crippen LogP contribution in [0.25, 0.3) is 33.4 Å². The summed E-state index contributed by atoms with van der Waals surface area (Å²) in [5.41, 5.74) is 17.6. The highest BCUT2D eigenvalue weighted by atomic mass is 127.